The van der Waals surface area contributed by atoms with Crippen LogP contribution in [0.3, 0.4) is 0 Å². The fourth-order valence-corrected chi connectivity index (χ4v) is 3.68. The van der Waals surface area contributed by atoms with Gasteiger partial charge in [0.1, 0.15) is 5.54 Å². The third-order valence-corrected chi connectivity index (χ3v) is 5.59. The third-order valence-electron chi connectivity index (χ3n) is 5.59. The van der Waals surface area contributed by atoms with Crippen LogP contribution in [-0.4, -0.2) is 48.2 Å². The molecule has 0 amide bonds. The topological polar surface area (TPSA) is 52.6 Å². The fourth-order valence-electron chi connectivity index (χ4n) is 3.68. The quantitative estimate of drug-likeness (QED) is 0.741. The molecule has 1 heterocycles. The lowest BCUT2D eigenvalue weighted by Gasteiger charge is -2.34. The first-order chi connectivity index (χ1) is 9.02. The van der Waals surface area contributed by atoms with Gasteiger partial charge in [-0.1, -0.05) is 13.8 Å². The minimum atomic E-state index is -0.725. The first-order valence-electron chi connectivity index (χ1n) is 7.66. The first kappa shape index (κ1) is 14.8. The van der Waals surface area contributed by atoms with E-state index >= 15 is 0 Å². The number of carboxylic acids is 1. The zero-order valence-electron chi connectivity index (χ0n) is 12.5. The summed E-state index contributed by atoms with van der Waals surface area (Å²) in [5.74, 6) is -0.365. The van der Waals surface area contributed by atoms with Crippen molar-refractivity contribution in [1.82, 2.24) is 10.2 Å². The van der Waals surface area contributed by atoms with Crippen molar-refractivity contribution in [3.63, 3.8) is 0 Å². The van der Waals surface area contributed by atoms with Crippen LogP contribution in [0.4, 0.5) is 0 Å². The maximum atomic E-state index is 11.7. The standard InChI is InChI=1S/C15H28N2O2/c1-4-14(5-2)8-9-17(10-14)11-15(16-3,13(18)19)12-6-7-12/h12,16H,4-11H2,1-3H3,(H,18,19). The first-order valence-corrected chi connectivity index (χ1v) is 7.66. The zero-order valence-corrected chi connectivity index (χ0v) is 12.5. The summed E-state index contributed by atoms with van der Waals surface area (Å²) >= 11 is 0. The van der Waals surface area contributed by atoms with Crippen molar-refractivity contribution in [2.24, 2.45) is 11.3 Å². The number of carbonyl (C=O) groups is 1. The predicted octanol–water partition coefficient (Wildman–Crippen LogP) is 1.95. The molecule has 0 aromatic carbocycles. The van der Waals surface area contributed by atoms with E-state index in [0.717, 1.165) is 25.9 Å². The Balaban J connectivity index is 2.05. The number of likely N-dealkylation sites (tertiary alicyclic amines) is 1. The van der Waals surface area contributed by atoms with Crippen molar-refractivity contribution in [2.75, 3.05) is 26.7 Å². The van der Waals surface area contributed by atoms with E-state index in [0.29, 0.717) is 17.9 Å². The van der Waals surface area contributed by atoms with E-state index in [-0.39, 0.29) is 0 Å². The summed E-state index contributed by atoms with van der Waals surface area (Å²) in [6.07, 6.45) is 5.71. The summed E-state index contributed by atoms with van der Waals surface area (Å²) < 4.78 is 0. The molecule has 0 bridgehead atoms. The van der Waals surface area contributed by atoms with E-state index in [9.17, 15) is 9.90 Å². The van der Waals surface area contributed by atoms with Crippen molar-refractivity contribution in [1.29, 1.82) is 0 Å². The van der Waals surface area contributed by atoms with Crippen molar-refractivity contribution >= 4 is 5.97 Å². The molecule has 1 aliphatic carbocycles. The van der Waals surface area contributed by atoms with Gasteiger partial charge in [-0.3, -0.25) is 4.79 Å². The summed E-state index contributed by atoms with van der Waals surface area (Å²) in [5.41, 5.74) is -0.306. The molecule has 1 atom stereocenters. The van der Waals surface area contributed by atoms with Gasteiger partial charge < -0.3 is 15.3 Å². The number of nitrogens with one attached hydrogen (secondary N) is 1. The Kier molecular flexibility index (Phi) is 4.21. The van der Waals surface area contributed by atoms with Gasteiger partial charge in [0.05, 0.1) is 0 Å². The fraction of sp³-hybridized carbons (Fsp3) is 0.933. The second-order valence-corrected chi connectivity index (χ2v) is 6.47. The molecule has 0 aromatic heterocycles. The normalized spacial score (nSPS) is 26.3. The highest BCUT2D eigenvalue weighted by atomic mass is 16.4. The summed E-state index contributed by atoms with van der Waals surface area (Å²) in [5, 5.41) is 12.8. The number of nitrogens with zero attached hydrogens (tertiary/aromatic N) is 1. The van der Waals surface area contributed by atoms with E-state index in [1.807, 2.05) is 0 Å². The Morgan fingerprint density at radius 1 is 1.42 bits per heavy atom. The number of aliphatic carboxylic acids is 1. The molecule has 0 spiro atoms. The molecule has 4 nitrogen and oxygen atoms in total. The summed E-state index contributed by atoms with van der Waals surface area (Å²) in [4.78, 5) is 14.1. The SMILES string of the molecule is CCC1(CC)CCN(CC(NC)(C(=O)O)C2CC2)C1. The molecule has 4 heteroatoms. The minimum Gasteiger partial charge on any atom is -0.480 e. The van der Waals surface area contributed by atoms with Crippen molar-refractivity contribution in [3.8, 4) is 0 Å². The highest BCUT2D eigenvalue weighted by molar-refractivity contribution is 5.80. The van der Waals surface area contributed by atoms with Crippen molar-refractivity contribution in [2.45, 2.75) is 51.5 Å². The zero-order chi connectivity index (χ0) is 14.1. The lowest BCUT2D eigenvalue weighted by Crippen LogP contribution is -2.59. The molecule has 2 rings (SSSR count). The van der Waals surface area contributed by atoms with Crippen LogP contribution in [0.5, 0.6) is 0 Å². The Morgan fingerprint density at radius 3 is 2.42 bits per heavy atom. The summed E-state index contributed by atoms with van der Waals surface area (Å²) in [7, 11) is 1.80. The molecule has 1 unspecified atom stereocenters. The van der Waals surface area contributed by atoms with Crippen LogP contribution in [0.15, 0.2) is 0 Å². The highest BCUT2D eigenvalue weighted by Crippen LogP contribution is 2.43. The van der Waals surface area contributed by atoms with Crippen molar-refractivity contribution < 1.29 is 9.90 Å². The summed E-state index contributed by atoms with van der Waals surface area (Å²) in [6.45, 7) is 7.28. The maximum Gasteiger partial charge on any atom is 0.325 e. The molecule has 1 aliphatic heterocycles. The van der Waals surface area contributed by atoms with E-state index < -0.39 is 11.5 Å². The van der Waals surface area contributed by atoms with Gasteiger partial charge in [0, 0.05) is 13.1 Å². The largest absolute Gasteiger partial charge is 0.480 e. The van der Waals surface area contributed by atoms with Crippen LogP contribution in [-0.2, 0) is 4.79 Å². The van der Waals surface area contributed by atoms with Gasteiger partial charge >= 0.3 is 5.97 Å². The second-order valence-electron chi connectivity index (χ2n) is 6.47. The third kappa shape index (κ3) is 2.65. The number of rotatable bonds is 7. The van der Waals surface area contributed by atoms with Gasteiger partial charge in [0.25, 0.3) is 0 Å². The van der Waals surface area contributed by atoms with Crippen LogP contribution in [0.1, 0.15) is 46.0 Å². The molecular formula is C15H28N2O2. The molecular weight excluding hydrogens is 240 g/mol. The van der Waals surface area contributed by atoms with Crippen LogP contribution >= 0.6 is 0 Å². The molecule has 0 aromatic rings. The molecule has 19 heavy (non-hydrogen) atoms. The molecule has 0 radical (unpaired) electrons. The molecule has 2 aliphatic rings. The van der Waals surface area contributed by atoms with Gasteiger partial charge in [0.2, 0.25) is 0 Å². The number of likely N-dealkylation sites (N-methyl/N-ethyl adjacent to an activating group) is 1. The maximum absolute atomic E-state index is 11.7. The Morgan fingerprint density at radius 2 is 2.05 bits per heavy atom. The number of hydrogen-bond donors (Lipinski definition) is 2. The second kappa shape index (κ2) is 5.41. The van der Waals surface area contributed by atoms with Gasteiger partial charge in [-0.25, -0.2) is 0 Å². The van der Waals surface area contributed by atoms with E-state index in [2.05, 4.69) is 24.1 Å². The molecule has 110 valence electrons. The predicted molar refractivity (Wildman–Crippen MR) is 76.2 cm³/mol. The lowest BCUT2D eigenvalue weighted by molar-refractivity contribution is -0.146. The van der Waals surface area contributed by atoms with Gasteiger partial charge in [-0.05, 0) is 57.0 Å². The number of carboxylic acid groups (broad SMARTS) is 1. The highest BCUT2D eigenvalue weighted by Gasteiger charge is 2.52. The van der Waals surface area contributed by atoms with Crippen LogP contribution in [0, 0.1) is 11.3 Å². The average molecular weight is 268 g/mol. The average Bonchev–Trinajstić information content (AvgIpc) is 3.18. The monoisotopic (exact) mass is 268 g/mol. The van der Waals surface area contributed by atoms with E-state index in [4.69, 9.17) is 0 Å². The van der Waals surface area contributed by atoms with Crippen molar-refractivity contribution in [3.05, 3.63) is 0 Å². The Labute approximate surface area is 116 Å². The number of hydrogen-bond acceptors (Lipinski definition) is 3. The van der Waals surface area contributed by atoms with Gasteiger partial charge in [-0.2, -0.15) is 0 Å². The lowest BCUT2D eigenvalue weighted by atomic mass is 9.82. The minimum absolute atomic E-state index is 0.313. The van der Waals surface area contributed by atoms with E-state index in [1.165, 1.54) is 19.3 Å². The Hall–Kier alpha value is -0.610. The van der Waals surface area contributed by atoms with E-state index in [1.54, 1.807) is 7.05 Å². The van der Waals surface area contributed by atoms with Crippen LogP contribution < -0.4 is 5.32 Å². The molecule has 1 saturated heterocycles. The van der Waals surface area contributed by atoms with Gasteiger partial charge in [0.15, 0.2) is 0 Å². The summed E-state index contributed by atoms with van der Waals surface area (Å²) in [6, 6.07) is 0. The smallest absolute Gasteiger partial charge is 0.325 e. The van der Waals surface area contributed by atoms with Crippen LogP contribution in [0.2, 0.25) is 0 Å². The Bertz CT molecular complexity index is 337. The van der Waals surface area contributed by atoms with Gasteiger partial charge in [-0.15, -0.1) is 0 Å². The molecule has 2 N–H and O–H groups in total. The molecule has 1 saturated carbocycles. The molecule has 2 fully saturated rings. The van der Waals surface area contributed by atoms with Crippen LogP contribution in [0.25, 0.3) is 0 Å².